The Bertz CT molecular complexity index is 385. The van der Waals surface area contributed by atoms with Crippen molar-refractivity contribution in [3.8, 4) is 0 Å². The molecule has 0 spiro atoms. The zero-order valence-corrected chi connectivity index (χ0v) is 12.0. The van der Waals surface area contributed by atoms with Crippen molar-refractivity contribution in [1.82, 2.24) is 5.32 Å². The number of carbonyl (C=O) groups is 1. The molecule has 0 saturated carbocycles. The van der Waals surface area contributed by atoms with Crippen molar-refractivity contribution in [1.29, 1.82) is 0 Å². The summed E-state index contributed by atoms with van der Waals surface area (Å²) in [6.07, 6.45) is 1.23. The van der Waals surface area contributed by atoms with Gasteiger partial charge in [0.2, 0.25) is 0 Å². The number of carbonyl (C=O) groups excluding carboxylic acids is 1. The smallest absolute Gasteiger partial charge is 0.305 e. The van der Waals surface area contributed by atoms with Gasteiger partial charge in [-0.1, -0.05) is 33.6 Å². The lowest BCUT2D eigenvalue weighted by molar-refractivity contribution is -0.140. The van der Waals surface area contributed by atoms with Gasteiger partial charge in [-0.2, -0.15) is 0 Å². The van der Waals surface area contributed by atoms with Gasteiger partial charge in [0.1, 0.15) is 0 Å². The van der Waals surface area contributed by atoms with Crippen LogP contribution in [0.25, 0.3) is 0 Å². The van der Waals surface area contributed by atoms with Crippen LogP contribution in [0, 0.1) is 0 Å². The molecular weight excluding hydrogens is 305 g/mol. The van der Waals surface area contributed by atoms with Gasteiger partial charge >= 0.3 is 5.97 Å². The highest BCUT2D eigenvalue weighted by molar-refractivity contribution is 9.10. The number of rotatable bonds is 6. The molecule has 3 nitrogen and oxygen atoms in total. The molecule has 0 aromatic heterocycles. The van der Waals surface area contributed by atoms with Crippen LogP contribution in [0.5, 0.6) is 0 Å². The van der Waals surface area contributed by atoms with Crippen molar-refractivity contribution in [2.24, 2.45) is 0 Å². The second-order valence-corrected chi connectivity index (χ2v) is 4.88. The molecule has 0 aliphatic heterocycles. The molecule has 0 heterocycles. The molecule has 0 saturated heterocycles. The zero-order chi connectivity index (χ0) is 12.7. The minimum atomic E-state index is -0.167. The molecule has 0 atom stereocenters. The SMILES string of the molecule is COC(=O)CCCNCc1ccc(Cl)cc1Br. The van der Waals surface area contributed by atoms with Gasteiger partial charge in [-0.05, 0) is 30.7 Å². The first kappa shape index (κ1) is 14.5. The molecule has 1 aromatic rings. The van der Waals surface area contributed by atoms with E-state index in [1.807, 2.05) is 18.2 Å². The van der Waals surface area contributed by atoms with Crippen molar-refractivity contribution in [3.05, 3.63) is 33.3 Å². The second-order valence-electron chi connectivity index (χ2n) is 3.59. The summed E-state index contributed by atoms with van der Waals surface area (Å²) >= 11 is 9.30. The predicted octanol–water partition coefficient (Wildman–Crippen LogP) is 3.15. The maximum Gasteiger partial charge on any atom is 0.305 e. The summed E-state index contributed by atoms with van der Waals surface area (Å²) in [5.41, 5.74) is 1.15. The van der Waals surface area contributed by atoms with Crippen molar-refractivity contribution >= 4 is 33.5 Å². The molecule has 0 unspecified atom stereocenters. The van der Waals surface area contributed by atoms with Crippen LogP contribution in [0.1, 0.15) is 18.4 Å². The van der Waals surface area contributed by atoms with E-state index >= 15 is 0 Å². The van der Waals surface area contributed by atoms with Gasteiger partial charge in [0.25, 0.3) is 0 Å². The quantitative estimate of drug-likeness (QED) is 0.646. The topological polar surface area (TPSA) is 38.3 Å². The van der Waals surface area contributed by atoms with E-state index in [1.54, 1.807) is 0 Å². The van der Waals surface area contributed by atoms with Crippen LogP contribution in [0.2, 0.25) is 5.02 Å². The molecule has 0 aliphatic rings. The fraction of sp³-hybridized carbons (Fsp3) is 0.417. The first-order valence-electron chi connectivity index (χ1n) is 5.35. The third-order valence-corrected chi connectivity index (χ3v) is 3.27. The first-order valence-corrected chi connectivity index (χ1v) is 6.52. The van der Waals surface area contributed by atoms with Crippen LogP contribution >= 0.6 is 27.5 Å². The van der Waals surface area contributed by atoms with Gasteiger partial charge in [0, 0.05) is 22.5 Å². The van der Waals surface area contributed by atoms with E-state index in [9.17, 15) is 4.79 Å². The molecule has 1 rings (SSSR count). The van der Waals surface area contributed by atoms with Crippen molar-refractivity contribution in [2.45, 2.75) is 19.4 Å². The molecule has 5 heteroatoms. The zero-order valence-electron chi connectivity index (χ0n) is 9.63. The number of benzene rings is 1. The first-order chi connectivity index (χ1) is 8.13. The van der Waals surface area contributed by atoms with E-state index < -0.39 is 0 Å². The normalized spacial score (nSPS) is 10.3. The summed E-state index contributed by atoms with van der Waals surface area (Å²) < 4.78 is 5.55. The third kappa shape index (κ3) is 5.52. The number of esters is 1. The maximum absolute atomic E-state index is 10.9. The van der Waals surface area contributed by atoms with E-state index in [-0.39, 0.29) is 5.97 Å². The third-order valence-electron chi connectivity index (χ3n) is 2.29. The monoisotopic (exact) mass is 319 g/mol. The lowest BCUT2D eigenvalue weighted by atomic mass is 10.2. The van der Waals surface area contributed by atoms with Crippen LogP contribution in [0.3, 0.4) is 0 Å². The summed E-state index contributed by atoms with van der Waals surface area (Å²) in [4.78, 5) is 10.9. The lowest BCUT2D eigenvalue weighted by Gasteiger charge is -2.07. The molecule has 1 N–H and O–H groups in total. The summed E-state index contributed by atoms with van der Waals surface area (Å²) in [7, 11) is 1.40. The predicted molar refractivity (Wildman–Crippen MR) is 72.1 cm³/mol. The van der Waals surface area contributed by atoms with Gasteiger partial charge in [-0.25, -0.2) is 0 Å². The average Bonchev–Trinajstić information content (AvgIpc) is 2.30. The van der Waals surface area contributed by atoms with E-state index in [0.717, 1.165) is 29.5 Å². The van der Waals surface area contributed by atoms with Crippen molar-refractivity contribution < 1.29 is 9.53 Å². The molecule has 1 aromatic carbocycles. The molecule has 0 amide bonds. The minimum absolute atomic E-state index is 0.167. The Balaban J connectivity index is 2.24. The van der Waals surface area contributed by atoms with Gasteiger partial charge in [0.05, 0.1) is 7.11 Å². The van der Waals surface area contributed by atoms with Gasteiger partial charge < -0.3 is 10.1 Å². The number of hydrogen-bond acceptors (Lipinski definition) is 3. The molecule has 0 fully saturated rings. The number of ether oxygens (including phenoxy) is 1. The molecule has 17 heavy (non-hydrogen) atoms. The highest BCUT2D eigenvalue weighted by Crippen LogP contribution is 2.21. The fourth-order valence-electron chi connectivity index (χ4n) is 1.35. The van der Waals surface area contributed by atoms with Crippen molar-refractivity contribution in [3.63, 3.8) is 0 Å². The van der Waals surface area contributed by atoms with Crippen molar-refractivity contribution in [2.75, 3.05) is 13.7 Å². The van der Waals surface area contributed by atoms with Crippen LogP contribution in [-0.2, 0) is 16.1 Å². The lowest BCUT2D eigenvalue weighted by Crippen LogP contribution is -2.16. The minimum Gasteiger partial charge on any atom is -0.469 e. The molecular formula is C12H15BrClNO2. The van der Waals surface area contributed by atoms with E-state index in [2.05, 4.69) is 26.0 Å². The Morgan fingerprint density at radius 3 is 2.94 bits per heavy atom. The van der Waals surface area contributed by atoms with Gasteiger partial charge in [-0.3, -0.25) is 4.79 Å². The highest BCUT2D eigenvalue weighted by atomic mass is 79.9. The molecule has 0 radical (unpaired) electrons. The van der Waals surface area contributed by atoms with Crippen LogP contribution in [0.15, 0.2) is 22.7 Å². The van der Waals surface area contributed by atoms with E-state index in [1.165, 1.54) is 7.11 Å². The Labute approximate surface area is 115 Å². The number of nitrogens with one attached hydrogen (secondary N) is 1. The van der Waals surface area contributed by atoms with Gasteiger partial charge in [0.15, 0.2) is 0 Å². The molecule has 94 valence electrons. The Kier molecular flexibility index (Phi) is 6.55. The Morgan fingerprint density at radius 2 is 2.29 bits per heavy atom. The van der Waals surface area contributed by atoms with E-state index in [0.29, 0.717) is 11.4 Å². The van der Waals surface area contributed by atoms with Crippen LogP contribution in [0.4, 0.5) is 0 Å². The summed E-state index contributed by atoms with van der Waals surface area (Å²) in [5.74, 6) is -0.167. The standard InChI is InChI=1S/C12H15BrClNO2/c1-17-12(16)3-2-6-15-8-9-4-5-10(14)7-11(9)13/h4-5,7,15H,2-3,6,8H2,1H3. The number of hydrogen-bond donors (Lipinski definition) is 1. The number of halogens is 2. The number of methoxy groups -OCH3 is 1. The summed E-state index contributed by atoms with van der Waals surface area (Å²) in [6.45, 7) is 1.53. The fourth-order valence-corrected chi connectivity index (χ4v) is 2.17. The second kappa shape index (κ2) is 7.69. The van der Waals surface area contributed by atoms with Crippen LogP contribution < -0.4 is 5.32 Å². The Morgan fingerprint density at radius 1 is 1.53 bits per heavy atom. The van der Waals surface area contributed by atoms with Crippen LogP contribution in [-0.4, -0.2) is 19.6 Å². The Hall–Kier alpha value is -0.580. The summed E-state index contributed by atoms with van der Waals surface area (Å²) in [6, 6.07) is 5.70. The maximum atomic E-state index is 10.9. The summed E-state index contributed by atoms with van der Waals surface area (Å²) in [5, 5.41) is 3.97. The average molecular weight is 321 g/mol. The molecule has 0 aliphatic carbocycles. The largest absolute Gasteiger partial charge is 0.469 e. The highest BCUT2D eigenvalue weighted by Gasteiger charge is 2.01. The van der Waals surface area contributed by atoms with E-state index in [4.69, 9.17) is 11.6 Å². The molecule has 0 bridgehead atoms. The van der Waals surface area contributed by atoms with Gasteiger partial charge in [-0.15, -0.1) is 0 Å².